The molecule has 198 valence electrons. The molecule has 2 heterocycles. The van der Waals surface area contributed by atoms with Crippen LogP contribution in [0.4, 0.5) is 0 Å². The van der Waals surface area contributed by atoms with Gasteiger partial charge in [0.1, 0.15) is 6.10 Å². The number of ether oxygens (including phenoxy) is 5. The van der Waals surface area contributed by atoms with E-state index in [9.17, 15) is 20.1 Å². The smallest absolute Gasteiger partial charge is 0.256 e. The summed E-state index contributed by atoms with van der Waals surface area (Å²) in [5, 5.41) is 34.6. The van der Waals surface area contributed by atoms with Gasteiger partial charge in [-0.1, -0.05) is 32.9 Å². The number of amides is 1. The zero-order chi connectivity index (χ0) is 25.8. The molecule has 0 aromatic heterocycles. The number of carbonyl (C=O) groups excluding carboxylic acids is 1. The minimum atomic E-state index is -1.66. The Labute approximate surface area is 202 Å². The maximum atomic E-state index is 13.1. The molecule has 1 unspecified atom stereocenters. The third-order valence-electron chi connectivity index (χ3n) is 7.42. The Morgan fingerprint density at radius 3 is 2.44 bits per heavy atom. The summed E-state index contributed by atoms with van der Waals surface area (Å²) in [5.41, 5.74) is 0.171. The molecule has 4 N–H and O–H groups in total. The topological polar surface area (TPSA) is 136 Å². The van der Waals surface area contributed by atoms with E-state index < -0.39 is 53.9 Å². The van der Waals surface area contributed by atoms with Crippen molar-refractivity contribution in [2.24, 2.45) is 11.3 Å². The van der Waals surface area contributed by atoms with E-state index >= 15 is 0 Å². The zero-order valence-electron chi connectivity index (χ0n) is 21.4. The summed E-state index contributed by atoms with van der Waals surface area (Å²) in [6, 6.07) is 0. The molecule has 0 radical (unpaired) electrons. The fourth-order valence-electron chi connectivity index (χ4n) is 4.63. The highest BCUT2D eigenvalue weighted by atomic mass is 16.7. The Kier molecular flexibility index (Phi) is 10.1. The van der Waals surface area contributed by atoms with Gasteiger partial charge in [0.05, 0.1) is 31.0 Å². The molecule has 0 aromatic rings. The summed E-state index contributed by atoms with van der Waals surface area (Å²) in [4.78, 5) is 13.1. The third kappa shape index (κ3) is 6.17. The molecule has 2 rings (SSSR count). The van der Waals surface area contributed by atoms with E-state index in [4.69, 9.17) is 23.7 Å². The molecule has 0 saturated carbocycles. The van der Waals surface area contributed by atoms with E-state index in [1.165, 1.54) is 21.3 Å². The van der Waals surface area contributed by atoms with Crippen LogP contribution in [0.25, 0.3) is 0 Å². The van der Waals surface area contributed by atoms with Gasteiger partial charge in [-0.25, -0.2) is 0 Å². The van der Waals surface area contributed by atoms with E-state index in [2.05, 4.69) is 11.9 Å². The van der Waals surface area contributed by atoms with E-state index in [0.717, 1.165) is 5.57 Å². The van der Waals surface area contributed by atoms with Crippen LogP contribution < -0.4 is 5.32 Å². The van der Waals surface area contributed by atoms with E-state index in [1.54, 1.807) is 0 Å². The summed E-state index contributed by atoms with van der Waals surface area (Å²) in [5.74, 6) is -2.29. The van der Waals surface area contributed by atoms with Crippen molar-refractivity contribution in [3.05, 3.63) is 12.2 Å². The summed E-state index contributed by atoms with van der Waals surface area (Å²) in [7, 11) is 4.27. The Morgan fingerprint density at radius 1 is 1.26 bits per heavy atom. The molecule has 1 amide bonds. The second-order valence-electron chi connectivity index (χ2n) is 10.1. The average molecular weight is 490 g/mol. The van der Waals surface area contributed by atoms with Gasteiger partial charge in [0.15, 0.2) is 12.3 Å². The molecule has 0 aliphatic carbocycles. The summed E-state index contributed by atoms with van der Waals surface area (Å²) in [6.07, 6.45) is -5.14. The lowest BCUT2D eigenvalue weighted by atomic mass is 9.74. The van der Waals surface area contributed by atoms with Gasteiger partial charge in [-0.2, -0.15) is 0 Å². The van der Waals surface area contributed by atoms with Crippen molar-refractivity contribution in [3.8, 4) is 0 Å². The van der Waals surface area contributed by atoms with Crippen molar-refractivity contribution < 1.29 is 43.8 Å². The Bertz CT molecular complexity index is 702. The highest BCUT2D eigenvalue weighted by Crippen LogP contribution is 2.40. The maximum absolute atomic E-state index is 13.1. The largest absolute Gasteiger partial charge is 0.392 e. The molecule has 2 fully saturated rings. The number of hydrogen-bond acceptors (Lipinski definition) is 9. The number of aliphatic hydroxyl groups excluding tert-OH is 3. The molecule has 0 aromatic carbocycles. The molecule has 2 aliphatic rings. The number of hydrogen-bond donors (Lipinski definition) is 4. The van der Waals surface area contributed by atoms with Crippen molar-refractivity contribution in [1.82, 2.24) is 5.32 Å². The molecule has 10 nitrogen and oxygen atoms in total. The van der Waals surface area contributed by atoms with Crippen LogP contribution in [0.1, 0.15) is 47.0 Å². The van der Waals surface area contributed by atoms with Crippen LogP contribution in [0.2, 0.25) is 0 Å². The normalized spacial score (nSPS) is 36.5. The number of rotatable bonds is 10. The van der Waals surface area contributed by atoms with Gasteiger partial charge in [-0.3, -0.25) is 4.79 Å². The van der Waals surface area contributed by atoms with Crippen molar-refractivity contribution >= 4 is 5.91 Å². The standard InChI is InChI=1S/C24H43NO9/c1-13-11-24(32-8,34-15(3)14(13)2)20(28)21(29)25-22(31-7)17-10-18(27)23(4,5)19(33-17)9-16(26)12-30-6/h14-20,22,26-28H,1,9-12H2,2-8H3,(H,25,29)/t14-,15-,16+,17?,18-,19-,20-,22+,24-/m1/s1. The van der Waals surface area contributed by atoms with Crippen LogP contribution in [-0.4, -0.2) is 97.8 Å². The van der Waals surface area contributed by atoms with Crippen LogP contribution in [0.5, 0.6) is 0 Å². The minimum Gasteiger partial charge on any atom is -0.392 e. The Morgan fingerprint density at radius 2 is 1.91 bits per heavy atom. The van der Waals surface area contributed by atoms with Gasteiger partial charge in [-0.05, 0) is 6.92 Å². The van der Waals surface area contributed by atoms with Crippen LogP contribution in [0.15, 0.2) is 12.2 Å². The van der Waals surface area contributed by atoms with Gasteiger partial charge >= 0.3 is 0 Å². The first-order chi connectivity index (χ1) is 15.8. The third-order valence-corrected chi connectivity index (χ3v) is 7.42. The van der Waals surface area contributed by atoms with Crippen molar-refractivity contribution in [1.29, 1.82) is 0 Å². The molecular weight excluding hydrogens is 446 g/mol. The Hall–Kier alpha value is -1.11. The number of aliphatic hydroxyl groups is 3. The van der Waals surface area contributed by atoms with Crippen LogP contribution in [-0.2, 0) is 28.5 Å². The van der Waals surface area contributed by atoms with E-state index in [0.29, 0.717) is 0 Å². The lowest BCUT2D eigenvalue weighted by molar-refractivity contribution is -0.298. The zero-order valence-corrected chi connectivity index (χ0v) is 21.4. The first-order valence-electron chi connectivity index (χ1n) is 11.7. The number of carbonyl (C=O) groups is 1. The molecule has 0 bridgehead atoms. The first-order valence-corrected chi connectivity index (χ1v) is 11.7. The van der Waals surface area contributed by atoms with Crippen molar-refractivity contribution in [3.63, 3.8) is 0 Å². The van der Waals surface area contributed by atoms with Gasteiger partial charge in [0.25, 0.3) is 5.91 Å². The number of nitrogens with one attached hydrogen (secondary N) is 1. The van der Waals surface area contributed by atoms with Gasteiger partial charge in [0, 0.05) is 51.9 Å². The molecule has 2 aliphatic heterocycles. The maximum Gasteiger partial charge on any atom is 0.256 e. The fraction of sp³-hybridized carbons (Fsp3) is 0.875. The highest BCUT2D eigenvalue weighted by Gasteiger charge is 2.51. The van der Waals surface area contributed by atoms with E-state index in [-0.39, 0.29) is 37.9 Å². The predicted octanol–water partition coefficient (Wildman–Crippen LogP) is 0.722. The lowest BCUT2D eigenvalue weighted by Gasteiger charge is -2.48. The van der Waals surface area contributed by atoms with Crippen molar-refractivity contribution in [2.75, 3.05) is 27.9 Å². The van der Waals surface area contributed by atoms with Crippen LogP contribution >= 0.6 is 0 Å². The van der Waals surface area contributed by atoms with Gasteiger partial charge < -0.3 is 44.3 Å². The molecule has 34 heavy (non-hydrogen) atoms. The molecular formula is C24H43NO9. The molecule has 2 saturated heterocycles. The fourth-order valence-corrected chi connectivity index (χ4v) is 4.63. The molecule has 9 atom stereocenters. The summed E-state index contributed by atoms with van der Waals surface area (Å²) < 4.78 is 28.1. The number of methoxy groups -OCH3 is 3. The average Bonchev–Trinajstić information content (AvgIpc) is 2.78. The van der Waals surface area contributed by atoms with Crippen LogP contribution in [0.3, 0.4) is 0 Å². The van der Waals surface area contributed by atoms with E-state index in [1.807, 2.05) is 27.7 Å². The summed E-state index contributed by atoms with van der Waals surface area (Å²) in [6.45, 7) is 11.7. The van der Waals surface area contributed by atoms with Crippen LogP contribution in [0, 0.1) is 11.3 Å². The predicted molar refractivity (Wildman–Crippen MR) is 124 cm³/mol. The lowest BCUT2D eigenvalue weighted by Crippen LogP contribution is -2.62. The quantitative estimate of drug-likeness (QED) is 0.258. The first kappa shape index (κ1) is 29.1. The second-order valence-corrected chi connectivity index (χ2v) is 10.1. The second kappa shape index (κ2) is 11.7. The SMILES string of the molecule is C=C1C[C@](OC)([C@H](O)C(=O)N[C@@H](OC)C2C[C@@H](O)C(C)(C)[C@@H](C[C@H](O)COC)O2)O[C@H](C)[C@@H]1C. The summed E-state index contributed by atoms with van der Waals surface area (Å²) >= 11 is 0. The minimum absolute atomic E-state index is 0.0520. The van der Waals surface area contributed by atoms with Gasteiger partial charge in [-0.15, -0.1) is 0 Å². The highest BCUT2D eigenvalue weighted by molar-refractivity contribution is 5.82. The molecule has 0 spiro atoms. The molecule has 10 heteroatoms. The monoisotopic (exact) mass is 489 g/mol. The van der Waals surface area contributed by atoms with Crippen molar-refractivity contribution in [2.45, 2.75) is 95.6 Å². The van der Waals surface area contributed by atoms with Gasteiger partial charge in [0.2, 0.25) is 5.79 Å². The Balaban J connectivity index is 2.14.